The zero-order valence-corrected chi connectivity index (χ0v) is 17.7. The van der Waals surface area contributed by atoms with Crippen molar-refractivity contribution in [2.24, 2.45) is 0 Å². The summed E-state index contributed by atoms with van der Waals surface area (Å²) >= 11 is 0. The van der Waals surface area contributed by atoms with Crippen molar-refractivity contribution in [1.82, 2.24) is 4.31 Å². The molecule has 1 heterocycles. The molecule has 0 radical (unpaired) electrons. The summed E-state index contributed by atoms with van der Waals surface area (Å²) in [6.45, 7) is 0.302. The van der Waals surface area contributed by atoms with Gasteiger partial charge in [0.05, 0.1) is 12.7 Å². The van der Waals surface area contributed by atoms with Gasteiger partial charge >= 0.3 is 10.2 Å². The van der Waals surface area contributed by atoms with E-state index in [-0.39, 0.29) is 25.4 Å². The minimum atomic E-state index is -3.93. The van der Waals surface area contributed by atoms with Crippen LogP contribution < -0.4 is 4.72 Å². The lowest BCUT2D eigenvalue weighted by atomic mass is 9.86. The summed E-state index contributed by atoms with van der Waals surface area (Å²) in [5.41, 5.74) is 1.67. The second kappa shape index (κ2) is 9.32. The Morgan fingerprint density at radius 2 is 1.28 bits per heavy atom. The molecule has 3 aromatic carbocycles. The Bertz CT molecular complexity index is 1110. The van der Waals surface area contributed by atoms with Crippen LogP contribution in [0.25, 0.3) is 0 Å². The van der Waals surface area contributed by atoms with E-state index in [2.05, 4.69) is 4.72 Å². The Morgan fingerprint density at radius 1 is 0.812 bits per heavy atom. The molecule has 1 atom stereocenters. The van der Waals surface area contributed by atoms with Gasteiger partial charge in [0.1, 0.15) is 17.5 Å². The van der Waals surface area contributed by atoms with Gasteiger partial charge in [0.25, 0.3) is 0 Å². The van der Waals surface area contributed by atoms with Gasteiger partial charge in [-0.25, -0.2) is 13.2 Å². The van der Waals surface area contributed by atoms with Gasteiger partial charge < -0.3 is 4.74 Å². The first kappa shape index (κ1) is 22.3. The van der Waals surface area contributed by atoms with E-state index in [4.69, 9.17) is 4.74 Å². The standard InChI is InChI=1S/C23H21F3N2O3S/c24-18-5-1-16(2-6-18)23(17-3-7-19(25)8-4-17)22-15-28(13-14-31-22)32(29,30)27-21-11-9-20(26)10-12-21/h1-12,22-23,27H,13-15H2. The second-order valence-electron chi connectivity index (χ2n) is 7.46. The number of hydrogen-bond acceptors (Lipinski definition) is 3. The van der Waals surface area contributed by atoms with E-state index < -0.39 is 39.7 Å². The second-order valence-corrected chi connectivity index (χ2v) is 9.13. The fourth-order valence-corrected chi connectivity index (χ4v) is 4.99. The van der Waals surface area contributed by atoms with Crippen LogP contribution in [-0.2, 0) is 14.9 Å². The number of hydrogen-bond donors (Lipinski definition) is 1. The Labute approximate surface area is 184 Å². The predicted molar refractivity (Wildman–Crippen MR) is 115 cm³/mol. The Kier molecular flexibility index (Phi) is 6.50. The predicted octanol–water partition coefficient (Wildman–Crippen LogP) is 4.29. The number of rotatable bonds is 6. The topological polar surface area (TPSA) is 58.6 Å². The molecule has 168 valence electrons. The van der Waals surface area contributed by atoms with Crippen molar-refractivity contribution in [3.05, 3.63) is 101 Å². The maximum absolute atomic E-state index is 13.5. The van der Waals surface area contributed by atoms with Crippen molar-refractivity contribution in [2.75, 3.05) is 24.4 Å². The van der Waals surface area contributed by atoms with Crippen molar-refractivity contribution in [1.29, 1.82) is 0 Å². The van der Waals surface area contributed by atoms with E-state index in [0.717, 1.165) is 0 Å². The van der Waals surface area contributed by atoms with Crippen LogP contribution in [0.2, 0.25) is 0 Å². The van der Waals surface area contributed by atoms with Gasteiger partial charge in [-0.2, -0.15) is 12.7 Å². The van der Waals surface area contributed by atoms with Crippen LogP contribution in [0.4, 0.5) is 18.9 Å². The SMILES string of the molecule is O=S(=O)(Nc1ccc(F)cc1)N1CCOC(C(c2ccc(F)cc2)c2ccc(F)cc2)C1. The van der Waals surface area contributed by atoms with E-state index >= 15 is 0 Å². The summed E-state index contributed by atoms with van der Waals surface area (Å²) in [6.07, 6.45) is -0.593. The third-order valence-corrected chi connectivity index (χ3v) is 6.82. The smallest absolute Gasteiger partial charge is 0.301 e. The molecule has 4 rings (SSSR count). The minimum Gasteiger partial charge on any atom is -0.374 e. The number of anilines is 1. The molecule has 1 unspecified atom stereocenters. The number of halogens is 3. The van der Waals surface area contributed by atoms with Crippen LogP contribution in [0, 0.1) is 17.5 Å². The monoisotopic (exact) mass is 462 g/mol. The van der Waals surface area contributed by atoms with Crippen molar-refractivity contribution >= 4 is 15.9 Å². The fraction of sp³-hybridized carbons (Fsp3) is 0.217. The number of benzene rings is 3. The maximum atomic E-state index is 13.5. The Morgan fingerprint density at radius 3 is 1.78 bits per heavy atom. The third kappa shape index (κ3) is 5.12. The van der Waals surface area contributed by atoms with Crippen LogP contribution in [-0.4, -0.2) is 38.5 Å². The van der Waals surface area contributed by atoms with E-state index in [9.17, 15) is 21.6 Å². The average molecular weight is 462 g/mol. The molecule has 1 saturated heterocycles. The number of nitrogens with zero attached hydrogens (tertiary/aromatic N) is 1. The lowest BCUT2D eigenvalue weighted by Gasteiger charge is -2.36. The lowest BCUT2D eigenvalue weighted by molar-refractivity contribution is -0.00977. The van der Waals surface area contributed by atoms with Crippen LogP contribution in [0.5, 0.6) is 0 Å². The molecule has 0 aromatic heterocycles. The first-order chi connectivity index (χ1) is 15.3. The molecule has 9 heteroatoms. The van der Waals surface area contributed by atoms with Crippen LogP contribution in [0.1, 0.15) is 17.0 Å². The normalized spacial score (nSPS) is 17.4. The molecule has 1 aliphatic heterocycles. The van der Waals surface area contributed by atoms with Gasteiger partial charge in [-0.3, -0.25) is 4.72 Å². The summed E-state index contributed by atoms with van der Waals surface area (Å²) < 4.78 is 75.6. The van der Waals surface area contributed by atoms with Gasteiger partial charge in [-0.15, -0.1) is 0 Å². The first-order valence-electron chi connectivity index (χ1n) is 9.98. The molecule has 1 N–H and O–H groups in total. The van der Waals surface area contributed by atoms with Gasteiger partial charge in [-0.05, 0) is 59.7 Å². The molecule has 1 fully saturated rings. The van der Waals surface area contributed by atoms with Crippen molar-refractivity contribution in [2.45, 2.75) is 12.0 Å². The summed E-state index contributed by atoms with van der Waals surface area (Å²) in [5.74, 6) is -1.71. The molecule has 0 bridgehead atoms. The van der Waals surface area contributed by atoms with E-state index in [1.807, 2.05) is 0 Å². The quantitative estimate of drug-likeness (QED) is 0.595. The molecular formula is C23H21F3N2O3S. The zero-order valence-electron chi connectivity index (χ0n) is 16.9. The van der Waals surface area contributed by atoms with Gasteiger partial charge in [0.2, 0.25) is 0 Å². The molecule has 0 saturated carbocycles. The highest BCUT2D eigenvalue weighted by Crippen LogP contribution is 2.33. The van der Waals surface area contributed by atoms with E-state index in [1.165, 1.54) is 52.8 Å². The van der Waals surface area contributed by atoms with Gasteiger partial charge in [0.15, 0.2) is 0 Å². The maximum Gasteiger partial charge on any atom is 0.301 e. The fourth-order valence-electron chi connectivity index (χ4n) is 3.76. The van der Waals surface area contributed by atoms with Crippen molar-refractivity contribution in [3.8, 4) is 0 Å². The number of morpholine rings is 1. The van der Waals surface area contributed by atoms with Crippen molar-refractivity contribution in [3.63, 3.8) is 0 Å². The Balaban J connectivity index is 1.61. The van der Waals surface area contributed by atoms with Crippen molar-refractivity contribution < 1.29 is 26.3 Å². The van der Waals surface area contributed by atoms with E-state index in [1.54, 1.807) is 24.3 Å². The largest absolute Gasteiger partial charge is 0.374 e. The summed E-state index contributed by atoms with van der Waals surface area (Å²) in [6, 6.07) is 16.7. The van der Waals surface area contributed by atoms with Crippen LogP contribution in [0.3, 0.4) is 0 Å². The molecule has 0 aliphatic carbocycles. The average Bonchev–Trinajstić information content (AvgIpc) is 2.78. The zero-order chi connectivity index (χ0) is 22.7. The lowest BCUT2D eigenvalue weighted by Crippen LogP contribution is -2.49. The summed E-state index contributed by atoms with van der Waals surface area (Å²) in [4.78, 5) is 0. The highest BCUT2D eigenvalue weighted by Gasteiger charge is 2.35. The van der Waals surface area contributed by atoms with E-state index in [0.29, 0.717) is 11.1 Å². The number of ether oxygens (including phenoxy) is 1. The minimum absolute atomic E-state index is 0.0238. The third-order valence-electron chi connectivity index (χ3n) is 5.32. The van der Waals surface area contributed by atoms with Crippen LogP contribution in [0.15, 0.2) is 72.8 Å². The first-order valence-corrected chi connectivity index (χ1v) is 11.4. The molecule has 0 amide bonds. The number of nitrogens with one attached hydrogen (secondary N) is 1. The van der Waals surface area contributed by atoms with Crippen LogP contribution >= 0.6 is 0 Å². The molecular weight excluding hydrogens is 441 g/mol. The summed E-state index contributed by atoms with van der Waals surface area (Å²) in [5, 5.41) is 0. The van der Waals surface area contributed by atoms with Gasteiger partial charge in [-0.1, -0.05) is 24.3 Å². The molecule has 5 nitrogen and oxygen atoms in total. The Hall–Kier alpha value is -2.88. The highest BCUT2D eigenvalue weighted by molar-refractivity contribution is 7.90. The molecule has 3 aromatic rings. The molecule has 0 spiro atoms. The van der Waals surface area contributed by atoms with Gasteiger partial charge in [0, 0.05) is 24.7 Å². The summed E-state index contributed by atoms with van der Waals surface area (Å²) in [7, 11) is -3.93. The molecule has 32 heavy (non-hydrogen) atoms. The highest BCUT2D eigenvalue weighted by atomic mass is 32.2. The molecule has 1 aliphatic rings.